The number of carbonyl (C=O) groups is 1. The zero-order chi connectivity index (χ0) is 24.7. The smallest absolute Gasteiger partial charge is 0.335 e. The minimum absolute atomic E-state index is 0.0284. The van der Waals surface area contributed by atoms with Crippen molar-refractivity contribution in [2.24, 2.45) is 0 Å². The summed E-state index contributed by atoms with van der Waals surface area (Å²) in [6.45, 7) is 0. The van der Waals surface area contributed by atoms with Crippen LogP contribution >= 0.6 is 0 Å². The van der Waals surface area contributed by atoms with Crippen LogP contribution in [0.3, 0.4) is 0 Å². The lowest BCUT2D eigenvalue weighted by Crippen LogP contribution is -2.35. The van der Waals surface area contributed by atoms with E-state index in [4.69, 9.17) is 10.5 Å². The molecule has 0 radical (unpaired) electrons. The number of benzene rings is 1. The van der Waals surface area contributed by atoms with Crippen LogP contribution < -0.4 is 5.73 Å². The van der Waals surface area contributed by atoms with E-state index in [1.807, 2.05) is 18.2 Å². The Bertz CT molecular complexity index is 1310. The number of nitrogen functional groups attached to an aromatic ring is 1. The van der Waals surface area contributed by atoms with Crippen LogP contribution in [0.5, 0.6) is 0 Å². The molecule has 1 aliphatic heterocycles. The predicted molar refractivity (Wildman–Crippen MR) is 123 cm³/mol. The third-order valence-electron chi connectivity index (χ3n) is 6.69. The second-order valence-corrected chi connectivity index (χ2v) is 8.99. The van der Waals surface area contributed by atoms with Gasteiger partial charge in [-0.15, -0.1) is 0 Å². The lowest BCUT2D eigenvalue weighted by atomic mass is 9.76. The molecule has 11 nitrogen and oxygen atoms in total. The molecule has 1 saturated carbocycles. The quantitative estimate of drug-likeness (QED) is 0.333. The largest absolute Gasteiger partial charge is 0.479 e. The molecule has 182 valence electrons. The second kappa shape index (κ2) is 8.90. The molecular weight excluding hydrogens is 454 g/mol. The molecule has 0 bridgehead atoms. The standard InChI is InChI=1S/C24H25N5O6/c25-20-16-21(29(12-26-16)22-18(31)17(30)19(35-22)23(32)33)28-15(27-20)8-11-24(34)9-6-14(7-10-24)13-4-2-1-3-5-13/h1-5,12,14,17-19,22,30-31,34H,6-7,9-10H2,(H,32,33)(H2,25,27,28). The van der Waals surface area contributed by atoms with Gasteiger partial charge in [-0.25, -0.2) is 19.7 Å². The van der Waals surface area contributed by atoms with Gasteiger partial charge in [-0.3, -0.25) is 4.57 Å². The van der Waals surface area contributed by atoms with Gasteiger partial charge in [0.1, 0.15) is 23.3 Å². The van der Waals surface area contributed by atoms with Crippen LogP contribution in [0.2, 0.25) is 0 Å². The molecule has 0 amide bonds. The van der Waals surface area contributed by atoms with Crippen LogP contribution in [0.25, 0.3) is 11.2 Å². The Balaban J connectivity index is 1.39. The van der Waals surface area contributed by atoms with Gasteiger partial charge in [-0.1, -0.05) is 36.3 Å². The molecule has 6 N–H and O–H groups in total. The van der Waals surface area contributed by atoms with Gasteiger partial charge in [0, 0.05) is 0 Å². The van der Waals surface area contributed by atoms with Crippen LogP contribution in [0.4, 0.5) is 5.82 Å². The lowest BCUT2D eigenvalue weighted by molar-refractivity contribution is -0.155. The fourth-order valence-electron chi connectivity index (χ4n) is 4.73. The van der Waals surface area contributed by atoms with Crippen LogP contribution in [-0.4, -0.2) is 69.8 Å². The Morgan fingerprint density at radius 1 is 1.14 bits per heavy atom. The van der Waals surface area contributed by atoms with Crippen molar-refractivity contribution in [2.75, 3.05) is 5.73 Å². The van der Waals surface area contributed by atoms with Gasteiger partial charge < -0.3 is 30.9 Å². The highest BCUT2D eigenvalue weighted by Crippen LogP contribution is 2.38. The Labute approximate surface area is 200 Å². The van der Waals surface area contributed by atoms with E-state index in [0.29, 0.717) is 18.8 Å². The molecule has 3 aromatic rings. The Morgan fingerprint density at radius 2 is 1.86 bits per heavy atom. The number of carboxylic acid groups (broad SMARTS) is 1. The monoisotopic (exact) mass is 479 g/mol. The molecular formula is C24H25N5O6. The van der Waals surface area contributed by atoms with E-state index >= 15 is 0 Å². The number of nitrogens with zero attached hydrogens (tertiary/aromatic N) is 4. The van der Waals surface area contributed by atoms with Crippen molar-refractivity contribution in [3.05, 3.63) is 48.0 Å². The number of rotatable bonds is 3. The van der Waals surface area contributed by atoms with Crippen molar-refractivity contribution in [2.45, 2.75) is 61.7 Å². The average molecular weight is 479 g/mol. The van der Waals surface area contributed by atoms with Gasteiger partial charge in [-0.05, 0) is 43.1 Å². The highest BCUT2D eigenvalue weighted by atomic mass is 16.6. The zero-order valence-electron chi connectivity index (χ0n) is 18.7. The number of fused-ring (bicyclic) bond motifs is 1. The van der Waals surface area contributed by atoms with E-state index in [2.05, 4.69) is 38.9 Å². The zero-order valence-corrected chi connectivity index (χ0v) is 18.7. The van der Waals surface area contributed by atoms with Gasteiger partial charge >= 0.3 is 5.97 Å². The van der Waals surface area contributed by atoms with Gasteiger partial charge in [0.05, 0.1) is 6.33 Å². The summed E-state index contributed by atoms with van der Waals surface area (Å²) in [5.74, 6) is 4.74. The minimum atomic E-state index is -1.63. The van der Waals surface area contributed by atoms with Gasteiger partial charge in [0.2, 0.25) is 5.82 Å². The van der Waals surface area contributed by atoms with Crippen molar-refractivity contribution in [1.29, 1.82) is 0 Å². The summed E-state index contributed by atoms with van der Waals surface area (Å²) in [5.41, 5.74) is 6.47. The molecule has 1 saturated heterocycles. The fourth-order valence-corrected chi connectivity index (χ4v) is 4.73. The minimum Gasteiger partial charge on any atom is -0.479 e. The van der Waals surface area contributed by atoms with Gasteiger partial charge in [-0.2, -0.15) is 0 Å². The number of aromatic nitrogens is 4. The molecule has 2 fully saturated rings. The molecule has 4 atom stereocenters. The predicted octanol–water partition coefficient (Wildman–Crippen LogP) is 0.553. The first kappa shape index (κ1) is 23.2. The topological polar surface area (TPSA) is 177 Å². The number of imidazole rings is 1. The number of anilines is 1. The maximum absolute atomic E-state index is 11.3. The SMILES string of the molecule is Nc1nc(C#CC2(O)CCC(c3ccccc3)CC2)nc2c1ncn2C1OC(C(=O)O)C(O)C1O. The Kier molecular flexibility index (Phi) is 5.90. The van der Waals surface area contributed by atoms with Crippen molar-refractivity contribution in [3.8, 4) is 11.8 Å². The summed E-state index contributed by atoms with van der Waals surface area (Å²) in [5, 5.41) is 40.6. The summed E-state index contributed by atoms with van der Waals surface area (Å²) >= 11 is 0. The summed E-state index contributed by atoms with van der Waals surface area (Å²) < 4.78 is 6.63. The third kappa shape index (κ3) is 4.33. The molecule has 2 aromatic heterocycles. The Morgan fingerprint density at radius 3 is 2.51 bits per heavy atom. The first-order valence-electron chi connectivity index (χ1n) is 11.3. The molecule has 3 heterocycles. The second-order valence-electron chi connectivity index (χ2n) is 8.99. The first-order chi connectivity index (χ1) is 16.8. The van der Waals surface area contributed by atoms with Gasteiger partial charge in [0.15, 0.2) is 23.8 Å². The van der Waals surface area contributed by atoms with Crippen LogP contribution in [0, 0.1) is 11.8 Å². The van der Waals surface area contributed by atoms with Crippen molar-refractivity contribution < 1.29 is 30.0 Å². The first-order valence-corrected chi connectivity index (χ1v) is 11.3. The van der Waals surface area contributed by atoms with E-state index in [-0.39, 0.29) is 22.8 Å². The third-order valence-corrected chi connectivity index (χ3v) is 6.69. The summed E-state index contributed by atoms with van der Waals surface area (Å²) in [6.07, 6.45) is -2.13. The number of aliphatic carboxylic acids is 1. The highest BCUT2D eigenvalue weighted by molar-refractivity contribution is 5.82. The average Bonchev–Trinajstić information content (AvgIpc) is 3.40. The molecule has 1 aromatic carbocycles. The van der Waals surface area contributed by atoms with Crippen LogP contribution in [0.1, 0.15) is 49.2 Å². The van der Waals surface area contributed by atoms with E-state index in [0.717, 1.165) is 12.8 Å². The van der Waals surface area contributed by atoms with Gasteiger partial charge in [0.25, 0.3) is 0 Å². The number of hydrogen-bond donors (Lipinski definition) is 5. The van der Waals surface area contributed by atoms with Crippen LogP contribution in [-0.2, 0) is 9.53 Å². The molecule has 4 unspecified atom stereocenters. The molecule has 5 rings (SSSR count). The molecule has 2 aliphatic rings. The number of aliphatic hydroxyl groups excluding tert-OH is 2. The maximum atomic E-state index is 11.3. The maximum Gasteiger partial charge on any atom is 0.335 e. The van der Waals surface area contributed by atoms with E-state index in [9.17, 15) is 25.2 Å². The van der Waals surface area contributed by atoms with Crippen molar-refractivity contribution in [3.63, 3.8) is 0 Å². The lowest BCUT2D eigenvalue weighted by Gasteiger charge is -2.32. The Hall–Kier alpha value is -3.56. The fraction of sp³-hybridized carbons (Fsp3) is 0.417. The normalized spacial score (nSPS) is 30.7. The van der Waals surface area contributed by atoms with E-state index in [1.165, 1.54) is 16.5 Å². The summed E-state index contributed by atoms with van der Waals surface area (Å²) in [7, 11) is 0. The molecule has 0 spiro atoms. The molecule has 1 aliphatic carbocycles. The molecule has 35 heavy (non-hydrogen) atoms. The van der Waals surface area contributed by atoms with E-state index < -0.39 is 36.1 Å². The number of nitrogens with two attached hydrogens (primary N) is 1. The number of ether oxygens (including phenoxy) is 1. The number of aliphatic hydroxyl groups is 3. The summed E-state index contributed by atoms with van der Waals surface area (Å²) in [4.78, 5) is 23.9. The molecule has 11 heteroatoms. The highest BCUT2D eigenvalue weighted by Gasteiger charge is 2.48. The van der Waals surface area contributed by atoms with Crippen LogP contribution in [0.15, 0.2) is 36.7 Å². The van der Waals surface area contributed by atoms with Crippen molar-refractivity contribution in [1.82, 2.24) is 19.5 Å². The number of hydrogen-bond acceptors (Lipinski definition) is 9. The number of carboxylic acids is 1. The van der Waals surface area contributed by atoms with E-state index in [1.54, 1.807) is 0 Å². The summed E-state index contributed by atoms with van der Waals surface area (Å²) in [6, 6.07) is 10.2. The van der Waals surface area contributed by atoms with Crippen molar-refractivity contribution >= 4 is 23.0 Å².